The molecule has 6 aromatic carbocycles. The van der Waals surface area contributed by atoms with E-state index in [1.165, 1.54) is 19.1 Å². The highest BCUT2D eigenvalue weighted by molar-refractivity contribution is 5.97. The molecule has 3 amide bonds. The Kier molecular flexibility index (Phi) is 39.8. The monoisotopic (exact) mass is 1830 g/mol. The summed E-state index contributed by atoms with van der Waals surface area (Å²) in [6.45, 7) is 36.3. The van der Waals surface area contributed by atoms with E-state index in [2.05, 4.69) is 62.4 Å². The number of nitrogens with one attached hydrogen (secondary N) is 3. The molecule has 16 unspecified atom stereocenters. The maximum Gasteiger partial charge on any atom is 0.311 e. The third-order valence-electron chi connectivity index (χ3n) is 28.7. The van der Waals surface area contributed by atoms with Crippen molar-refractivity contribution < 1.29 is 96.4 Å². The molecular weight excluding hydrogens is 1680 g/mol. The molecule has 3 saturated carbocycles. The van der Waals surface area contributed by atoms with Gasteiger partial charge in [0.05, 0.1) is 102 Å². The number of fused-ring (bicyclic) bond motifs is 4. The van der Waals surface area contributed by atoms with Gasteiger partial charge in [0.2, 0.25) is 11.8 Å². The summed E-state index contributed by atoms with van der Waals surface area (Å²) in [5.74, 6) is -4.77. The molecule has 4 aliphatic carbocycles. The van der Waals surface area contributed by atoms with Crippen LogP contribution in [0.1, 0.15) is 290 Å². The Morgan fingerprint density at radius 1 is 0.489 bits per heavy atom. The molecule has 6 N–H and O–H groups in total. The number of para-hydroxylation sites is 1. The molecule has 0 aliphatic heterocycles. The van der Waals surface area contributed by atoms with E-state index >= 15 is 0 Å². The number of aliphatic hydroxyl groups excluding tert-OH is 1. The molecule has 0 saturated heterocycles. The van der Waals surface area contributed by atoms with Crippen molar-refractivity contribution in [1.29, 1.82) is 0 Å². The Hall–Kier alpha value is -10.5. The summed E-state index contributed by atoms with van der Waals surface area (Å²) in [6.07, 6.45) is 13.8. The second-order valence-corrected chi connectivity index (χ2v) is 39.6. The lowest BCUT2D eigenvalue weighted by Gasteiger charge is -2.45. The number of phenols is 1. The summed E-state index contributed by atoms with van der Waals surface area (Å²) in [7, 11) is 0. The number of hydrogen-bond donors (Lipinski definition) is 6. The van der Waals surface area contributed by atoms with Crippen LogP contribution in [0.25, 0.3) is 10.8 Å². The molecule has 0 heterocycles. The first-order chi connectivity index (χ1) is 63.2. The molecule has 2 bridgehead atoms. The number of aliphatic hydroxyl groups is 2. The van der Waals surface area contributed by atoms with Crippen LogP contribution in [-0.2, 0) is 82.7 Å². The van der Waals surface area contributed by atoms with Gasteiger partial charge in [-0.1, -0.05) is 240 Å². The smallest absolute Gasteiger partial charge is 0.311 e. The predicted molar refractivity (Wildman–Crippen MR) is 516 cm³/mol. The van der Waals surface area contributed by atoms with Gasteiger partial charge in [0, 0.05) is 18.8 Å². The van der Waals surface area contributed by atoms with Crippen molar-refractivity contribution in [3.8, 4) is 5.75 Å². The Balaban J connectivity index is 0.000000250. The molecule has 726 valence electrons. The van der Waals surface area contributed by atoms with Crippen LogP contribution >= 0.6 is 0 Å². The quantitative estimate of drug-likeness (QED) is 0.00894. The number of ether oxygens (including phenoxy) is 7. The van der Waals surface area contributed by atoms with Gasteiger partial charge in [-0.05, 0) is 231 Å². The first-order valence-corrected chi connectivity index (χ1v) is 48.4. The molecule has 0 radical (unpaired) electrons. The first-order valence-electron chi connectivity index (χ1n) is 48.4. The van der Waals surface area contributed by atoms with Gasteiger partial charge in [-0.15, -0.1) is 0 Å². The number of carbonyl (C=O) groups is 10. The van der Waals surface area contributed by atoms with Crippen molar-refractivity contribution in [2.24, 2.45) is 55.7 Å². The van der Waals surface area contributed by atoms with Crippen LogP contribution in [0.3, 0.4) is 0 Å². The number of benzene rings is 6. The zero-order chi connectivity index (χ0) is 97.6. The standard InChI is InChI=1S/C43H61NO9.C36H47NO5.C31H43NO6/c1-8-10-21-51-38(49)40(7,24-28(3)31-14-12-11-13-15-31)26-39(6,9-2)37(48)52-22-20-44-36(47)35-33-23-32(46)16-19-43(33,53-30(5)45)34-17-18-42(50)27-41(34,35)25-29(42)4;1-6-8-22-41-34(40)36(5,25-27(3)28-15-10-9-11-16-28)26-35(4,7-2)33(39)42-23-21-37-32(38)24-30-19-14-18-29-17-12-13-20-31(29)30;1-6-8-19-37-29(36)31(5,21-23(3)24-14-10-9-11-15-24)22-30(4,7-2)28(35)38-20-18-32-27(34)25-16-12-13-17-26(25)33/h11-16,19,28,32-35,46,50H,4,8-10,17-18,20-27H2,1-3,5-7H3,(H,44,47);9-20,27H,6-8,21-26H2,1-5H3,(H,37,38);9-17,23,33H,6-8,18-22H2,1-5H3,(H,32,34). The topological polar surface area (TPSA) is 332 Å². The summed E-state index contributed by atoms with van der Waals surface area (Å²) in [5.41, 5.74) is -3.27. The molecule has 4 aliphatic rings. The second kappa shape index (κ2) is 49.1. The van der Waals surface area contributed by atoms with Crippen molar-refractivity contribution >= 4 is 70.3 Å². The summed E-state index contributed by atoms with van der Waals surface area (Å²) in [6, 6.07) is 50.3. The summed E-state index contributed by atoms with van der Waals surface area (Å²) >= 11 is 0. The third-order valence-corrected chi connectivity index (χ3v) is 28.7. The molecule has 10 rings (SSSR count). The van der Waals surface area contributed by atoms with Crippen LogP contribution < -0.4 is 16.0 Å². The van der Waals surface area contributed by atoms with Crippen LogP contribution in [-0.4, -0.2) is 151 Å². The average molecular weight is 1840 g/mol. The molecular formula is C110H151N3O20. The van der Waals surface area contributed by atoms with Crippen molar-refractivity contribution in [2.75, 3.05) is 59.3 Å². The highest BCUT2D eigenvalue weighted by Crippen LogP contribution is 2.73. The minimum atomic E-state index is -1.10. The van der Waals surface area contributed by atoms with Gasteiger partial charge >= 0.3 is 41.8 Å². The minimum Gasteiger partial charge on any atom is -0.507 e. The third kappa shape index (κ3) is 27.9. The highest BCUT2D eigenvalue weighted by Gasteiger charge is 2.76. The molecule has 6 aromatic rings. The van der Waals surface area contributed by atoms with E-state index in [0.717, 1.165) is 71.6 Å². The Bertz CT molecular complexity index is 4900. The minimum absolute atomic E-state index is 0.0220. The van der Waals surface area contributed by atoms with Crippen LogP contribution in [0.15, 0.2) is 182 Å². The molecule has 23 nitrogen and oxygen atoms in total. The van der Waals surface area contributed by atoms with E-state index < -0.39 is 90.9 Å². The molecule has 133 heavy (non-hydrogen) atoms. The number of aromatic hydroxyl groups is 1. The fourth-order valence-electron chi connectivity index (χ4n) is 21.0. The number of hydrogen-bond acceptors (Lipinski definition) is 20. The van der Waals surface area contributed by atoms with Crippen molar-refractivity contribution in [3.05, 3.63) is 210 Å². The van der Waals surface area contributed by atoms with Gasteiger partial charge < -0.3 is 64.4 Å². The lowest BCUT2D eigenvalue weighted by Crippen LogP contribution is -2.49. The zero-order valence-electron chi connectivity index (χ0n) is 81.9. The molecule has 0 aromatic heterocycles. The van der Waals surface area contributed by atoms with Gasteiger partial charge in [-0.2, -0.15) is 0 Å². The predicted octanol–water partition coefficient (Wildman–Crippen LogP) is 19.7. The van der Waals surface area contributed by atoms with E-state index in [-0.39, 0.29) is 136 Å². The summed E-state index contributed by atoms with van der Waals surface area (Å²) in [4.78, 5) is 133. The molecule has 3 fully saturated rings. The number of carbonyl (C=O) groups excluding carboxylic acids is 10. The van der Waals surface area contributed by atoms with E-state index in [4.69, 9.17) is 33.2 Å². The SMILES string of the molecule is C=C1CC23CC1(O)CCC2C1(OC(C)=O)C=CC(O)CC1C3C(=O)NCCOC(=O)C(C)(CC)CC(C)(CC(C)c1ccccc1)C(=O)OCCCC.CCCCOC(=O)C(C)(CC(C)c1ccccc1)CC(C)(CC)C(=O)OCCNC(=O)Cc1cccc2ccccc12.CCCCOC(=O)C(C)(CC(C)c1ccccc1)CC(C)(CC)C(=O)OCCNC(=O)c1ccccc1O. The van der Waals surface area contributed by atoms with E-state index in [1.807, 2.05) is 197 Å². The van der Waals surface area contributed by atoms with Gasteiger partial charge in [-0.25, -0.2) is 0 Å². The van der Waals surface area contributed by atoms with Crippen LogP contribution in [0, 0.1) is 55.7 Å². The number of phenolic OH excluding ortho intramolecular Hbond substituents is 1. The molecule has 1 spiro atoms. The number of esters is 7. The highest BCUT2D eigenvalue weighted by atomic mass is 16.6. The van der Waals surface area contributed by atoms with Crippen LogP contribution in [0.4, 0.5) is 0 Å². The van der Waals surface area contributed by atoms with Crippen LogP contribution in [0.5, 0.6) is 5.75 Å². The maximum atomic E-state index is 14.3. The van der Waals surface area contributed by atoms with Crippen molar-refractivity contribution in [3.63, 3.8) is 0 Å². The number of rotatable bonds is 47. The van der Waals surface area contributed by atoms with E-state index in [9.17, 15) is 63.3 Å². The maximum absolute atomic E-state index is 14.3. The summed E-state index contributed by atoms with van der Waals surface area (Å²) in [5, 5.41) is 42.8. The molecule has 23 heteroatoms. The summed E-state index contributed by atoms with van der Waals surface area (Å²) < 4.78 is 40.4. The zero-order valence-corrected chi connectivity index (χ0v) is 81.9. The number of amides is 3. The first kappa shape index (κ1) is 108. The fraction of sp³-hybridized carbons (Fsp3) is 0.564. The Morgan fingerprint density at radius 2 is 0.880 bits per heavy atom. The lowest BCUT2D eigenvalue weighted by molar-refractivity contribution is -0.166. The van der Waals surface area contributed by atoms with Gasteiger partial charge in [0.1, 0.15) is 31.2 Å². The van der Waals surface area contributed by atoms with E-state index in [0.29, 0.717) is 96.0 Å². The van der Waals surface area contributed by atoms with Crippen molar-refractivity contribution in [1.82, 2.24) is 16.0 Å². The normalized spacial score (nSPS) is 22.0. The van der Waals surface area contributed by atoms with Crippen molar-refractivity contribution in [2.45, 2.75) is 281 Å². The average Bonchev–Trinajstić information content (AvgIpc) is 1.50. The molecule has 16 atom stereocenters. The second-order valence-electron chi connectivity index (χ2n) is 39.6. The van der Waals surface area contributed by atoms with Crippen LogP contribution in [0.2, 0.25) is 0 Å². The Labute approximate surface area is 789 Å². The van der Waals surface area contributed by atoms with E-state index in [1.54, 1.807) is 24.3 Å². The fourth-order valence-corrected chi connectivity index (χ4v) is 21.0. The van der Waals surface area contributed by atoms with Gasteiger partial charge in [0.15, 0.2) is 0 Å². The Morgan fingerprint density at radius 3 is 1.31 bits per heavy atom. The van der Waals surface area contributed by atoms with Gasteiger partial charge in [0.25, 0.3) is 5.91 Å². The lowest BCUT2D eigenvalue weighted by atomic mass is 9.62. The number of unbranched alkanes of at least 4 members (excludes halogenated alkanes) is 3. The largest absolute Gasteiger partial charge is 0.507 e. The van der Waals surface area contributed by atoms with Gasteiger partial charge in [-0.3, -0.25) is 47.9 Å².